The van der Waals surface area contributed by atoms with E-state index < -0.39 is 64.4 Å². The minimum atomic E-state index is -4.17. The van der Waals surface area contributed by atoms with Gasteiger partial charge in [-0.15, -0.1) is 0 Å². The van der Waals surface area contributed by atoms with E-state index in [0.717, 1.165) is 31.0 Å². The van der Waals surface area contributed by atoms with E-state index in [1.54, 1.807) is 12.1 Å². The lowest BCUT2D eigenvalue weighted by Crippen LogP contribution is -2.56. The smallest absolute Gasteiger partial charge is 0.407 e. The molecule has 5 rings (SSSR count). The summed E-state index contributed by atoms with van der Waals surface area (Å²) in [6, 6.07) is 6.56. The van der Waals surface area contributed by atoms with Crippen LogP contribution in [-0.2, 0) is 30.7 Å². The zero-order valence-corrected chi connectivity index (χ0v) is 32.2. The Balaban J connectivity index is 1.39. The molecule has 52 heavy (non-hydrogen) atoms. The maximum atomic E-state index is 14.3. The normalized spacial score (nSPS) is 23.0. The number of anilines is 1. The molecule has 2 aromatic carbocycles. The Labute approximate surface area is 308 Å². The Hall–Kier alpha value is -2.99. The second-order valence-corrected chi connectivity index (χ2v) is 17.4. The number of hydrogen-bond acceptors (Lipinski definition) is 11. The van der Waals surface area contributed by atoms with Crippen molar-refractivity contribution in [2.45, 2.75) is 102 Å². The molecule has 16 heteroatoms. The monoisotopic (exact) mass is 767 g/mol. The van der Waals surface area contributed by atoms with E-state index >= 15 is 0 Å². The first-order valence-electron chi connectivity index (χ1n) is 17.9. The fourth-order valence-electron chi connectivity index (χ4n) is 7.20. The highest BCUT2D eigenvalue weighted by atomic mass is 32.2. The number of halogens is 2. The molecule has 4 N–H and O–H groups in total. The van der Waals surface area contributed by atoms with E-state index in [0.29, 0.717) is 28.5 Å². The van der Waals surface area contributed by atoms with Crippen LogP contribution in [-0.4, -0.2) is 97.9 Å². The lowest BCUT2D eigenvalue weighted by Gasteiger charge is -2.36. The van der Waals surface area contributed by atoms with Gasteiger partial charge in [-0.3, -0.25) is 0 Å². The van der Waals surface area contributed by atoms with Gasteiger partial charge in [0.05, 0.1) is 51.9 Å². The van der Waals surface area contributed by atoms with Crippen molar-refractivity contribution in [2.24, 2.45) is 11.8 Å². The molecule has 2 saturated heterocycles. The van der Waals surface area contributed by atoms with Crippen molar-refractivity contribution < 1.29 is 41.3 Å². The van der Waals surface area contributed by atoms with Gasteiger partial charge >= 0.3 is 6.09 Å². The van der Waals surface area contributed by atoms with E-state index in [1.165, 1.54) is 21.7 Å². The summed E-state index contributed by atoms with van der Waals surface area (Å²) in [6.45, 7) is 12.5. The largest absolute Gasteiger partial charge is 0.443 e. The second kappa shape index (κ2) is 17.0. The molecule has 12 nitrogen and oxygen atoms in total. The third-order valence-corrected chi connectivity index (χ3v) is 12.0. The predicted molar refractivity (Wildman–Crippen MR) is 196 cm³/mol. The molecule has 3 heterocycles. The summed E-state index contributed by atoms with van der Waals surface area (Å²) in [6.07, 6.45) is -2.22. The number of fused-ring (bicyclic) bond motifs is 2. The van der Waals surface area contributed by atoms with Gasteiger partial charge in [0, 0.05) is 25.2 Å². The summed E-state index contributed by atoms with van der Waals surface area (Å²) < 4.78 is 76.4. The summed E-state index contributed by atoms with van der Waals surface area (Å²) in [4.78, 5) is 18.1. The molecule has 6 atom stereocenters. The highest BCUT2D eigenvalue weighted by Gasteiger charge is 2.57. The van der Waals surface area contributed by atoms with Gasteiger partial charge < -0.3 is 35.3 Å². The predicted octanol–water partition coefficient (Wildman–Crippen LogP) is 5.26. The molecule has 3 aromatic rings. The van der Waals surface area contributed by atoms with Crippen molar-refractivity contribution in [1.29, 1.82) is 0 Å². The first-order chi connectivity index (χ1) is 24.6. The Morgan fingerprint density at radius 3 is 2.50 bits per heavy atom. The minimum absolute atomic E-state index is 0.0227. The molecule has 288 valence electrons. The zero-order chi connectivity index (χ0) is 37.8. The average Bonchev–Trinajstić information content (AvgIpc) is 3.74. The average molecular weight is 768 g/mol. The van der Waals surface area contributed by atoms with Crippen LogP contribution < -0.4 is 16.0 Å². The fraction of sp³-hybridized carbons (Fsp3) is 0.611. The molecule has 0 spiro atoms. The van der Waals surface area contributed by atoms with Crippen LogP contribution in [0.5, 0.6) is 0 Å². The van der Waals surface area contributed by atoms with Crippen LogP contribution in [0, 0.1) is 23.5 Å². The second-order valence-electron chi connectivity index (χ2n) is 14.4. The van der Waals surface area contributed by atoms with Crippen LogP contribution in [0.1, 0.15) is 59.9 Å². The van der Waals surface area contributed by atoms with E-state index in [9.17, 15) is 27.1 Å². The Morgan fingerprint density at radius 1 is 1.12 bits per heavy atom. The first-order valence-corrected chi connectivity index (χ1v) is 20.2. The number of benzene rings is 2. The zero-order valence-electron chi connectivity index (χ0n) is 30.5. The van der Waals surface area contributed by atoms with Crippen LogP contribution in [0.25, 0.3) is 10.2 Å². The minimum Gasteiger partial charge on any atom is -0.443 e. The van der Waals surface area contributed by atoms with Gasteiger partial charge in [-0.25, -0.2) is 27.0 Å². The summed E-state index contributed by atoms with van der Waals surface area (Å²) in [5, 5.41) is 21.8. The quantitative estimate of drug-likeness (QED) is 0.143. The number of aromatic nitrogens is 1. The lowest BCUT2D eigenvalue weighted by molar-refractivity contribution is -0.0910. The van der Waals surface area contributed by atoms with Crippen molar-refractivity contribution in [3.8, 4) is 0 Å². The number of likely N-dealkylation sites (N-methyl/N-ethyl adjacent to an activating group) is 1. The SMILES string of the molecule is CCC[C@]1(NCC)CO[C@@H]2OC[C@H](OC(=O)N[C@@H](Cc3cc(F)cc(F)c3)[C@H](O)CN(CC(C)C)S(=O)(=O)c3ccc4nc(NC(C)C)sc4c3)[C@@H]21. The number of carbonyl (C=O) groups excluding carboxylic acids is 1. The van der Waals surface area contributed by atoms with Gasteiger partial charge in [0.2, 0.25) is 10.0 Å². The molecular weight excluding hydrogens is 717 g/mol. The van der Waals surface area contributed by atoms with Crippen molar-refractivity contribution in [2.75, 3.05) is 38.2 Å². The maximum Gasteiger partial charge on any atom is 0.407 e. The third-order valence-electron chi connectivity index (χ3n) is 9.26. The first kappa shape index (κ1) is 40.2. The van der Waals surface area contributed by atoms with E-state index in [4.69, 9.17) is 14.2 Å². The van der Waals surface area contributed by atoms with Crippen LogP contribution in [0.2, 0.25) is 0 Å². The fourth-order valence-corrected chi connectivity index (χ4v) is 9.97. The van der Waals surface area contributed by atoms with Crippen molar-refractivity contribution in [1.82, 2.24) is 19.9 Å². The highest BCUT2D eigenvalue weighted by molar-refractivity contribution is 7.89. The van der Waals surface area contributed by atoms with Crippen LogP contribution in [0.3, 0.4) is 0 Å². The number of hydrogen-bond donors (Lipinski definition) is 4. The summed E-state index contributed by atoms with van der Waals surface area (Å²) >= 11 is 1.34. The Kier molecular flexibility index (Phi) is 13.1. The van der Waals surface area contributed by atoms with Crippen LogP contribution in [0.15, 0.2) is 41.3 Å². The van der Waals surface area contributed by atoms with Gasteiger partial charge in [0.1, 0.15) is 17.7 Å². The van der Waals surface area contributed by atoms with Crippen molar-refractivity contribution >= 4 is 42.8 Å². The Bertz CT molecular complexity index is 1760. The number of ether oxygens (including phenoxy) is 3. The van der Waals surface area contributed by atoms with Crippen LogP contribution >= 0.6 is 11.3 Å². The van der Waals surface area contributed by atoms with Gasteiger partial charge in [-0.1, -0.05) is 45.5 Å². The molecule has 0 unspecified atom stereocenters. The number of nitrogens with zero attached hydrogens (tertiary/aromatic N) is 2. The standard InChI is InChI=1S/C36H51F2N5O7S2/c1-7-11-36(39-8-2)20-49-33-32(36)30(19-48-33)50-35(45)42-28(14-23-12-24(37)15-25(38)13-23)29(44)18-43(17-21(3)4)52(46,47)26-9-10-27-31(16-26)51-34(41-27)40-22(5)6/h9-10,12-13,15-16,21-22,28-30,32-33,39,44H,7-8,11,14,17-20H2,1-6H3,(H,40,41)(H,42,45)/t28-,29+,30-,32-,33-,36-/m0/s1. The summed E-state index contributed by atoms with van der Waals surface area (Å²) in [5.41, 5.74) is 0.339. The molecule has 2 aliphatic rings. The Morgan fingerprint density at radius 2 is 1.85 bits per heavy atom. The lowest BCUT2D eigenvalue weighted by atomic mass is 9.80. The molecular formula is C36H51F2N5O7S2. The van der Waals surface area contributed by atoms with E-state index in [2.05, 4.69) is 27.9 Å². The van der Waals surface area contributed by atoms with Gasteiger partial charge in [0.25, 0.3) is 0 Å². The maximum absolute atomic E-state index is 14.3. The number of aliphatic hydroxyl groups excluding tert-OH is 1. The molecule has 2 fully saturated rings. The summed E-state index contributed by atoms with van der Waals surface area (Å²) in [7, 11) is -4.17. The molecule has 1 amide bonds. The van der Waals surface area contributed by atoms with Crippen LogP contribution in [0.4, 0.5) is 18.7 Å². The van der Waals surface area contributed by atoms with E-state index in [1.807, 2.05) is 34.6 Å². The number of alkyl carbamates (subject to hydrolysis) is 1. The van der Waals surface area contributed by atoms with Gasteiger partial charge in [-0.05, 0) is 75.0 Å². The molecule has 0 radical (unpaired) electrons. The number of nitrogens with one attached hydrogen (secondary N) is 3. The topological polar surface area (TPSA) is 151 Å². The molecule has 0 bridgehead atoms. The van der Waals surface area contributed by atoms with Gasteiger partial charge in [0.15, 0.2) is 11.4 Å². The molecule has 2 aliphatic heterocycles. The number of sulfonamides is 1. The van der Waals surface area contributed by atoms with Crippen molar-refractivity contribution in [3.05, 3.63) is 53.6 Å². The van der Waals surface area contributed by atoms with E-state index in [-0.39, 0.29) is 47.9 Å². The third kappa shape index (κ3) is 9.38. The number of carbonyl (C=O) groups is 1. The molecule has 1 aromatic heterocycles. The van der Waals surface area contributed by atoms with Crippen molar-refractivity contribution in [3.63, 3.8) is 0 Å². The number of thiazole rings is 1. The molecule has 0 saturated carbocycles. The highest BCUT2D eigenvalue weighted by Crippen LogP contribution is 2.42. The number of rotatable bonds is 17. The number of amides is 1. The number of aliphatic hydroxyl groups is 1. The molecule has 0 aliphatic carbocycles. The summed E-state index contributed by atoms with van der Waals surface area (Å²) in [5.74, 6) is -2.08. The van der Waals surface area contributed by atoms with Gasteiger partial charge in [-0.2, -0.15) is 4.31 Å².